The second-order valence-corrected chi connectivity index (χ2v) is 34.4. The van der Waals surface area contributed by atoms with Crippen LogP contribution in [0.15, 0.2) is 152 Å². The van der Waals surface area contributed by atoms with Crippen LogP contribution in [0.2, 0.25) is 0 Å². The summed E-state index contributed by atoms with van der Waals surface area (Å²) in [6.07, 6.45) is 0.0691. The standard InChI is InChI=1S/C92H116F3N17O18S/c1-11-12-27-72-90(128)109(7)49-77(116)101-68(45-79(118)119)86(124)107-81(53(4)5)92(130)111(9)73(42-54-21-15-13-16-22-54)87(125)105-69(40-56-28-30-60(113)31-29-56)88(126)108(6)48-76(115)100-67(44-59-46-98-64-26-20-19-25-61(59)64)85(123)104-66(39-57-32-34-97-35-33-57)84(122)103-65(36-52(2)3)83(121)106-71(82(120)99-47-75(96)114)50-131-51-78(117)102-70(41-58-37-62(93)80(95)63(94)38-58)89(127)112(10)74(91(129)110(72)8)43-55-23-17-14-18-24-55/h13-26,28-35,37-38,46,52-53,65-74,78,81,98,102,113,117H,11-12,27,36,39-45,47-51H2,1-10H3,(H2,96,114)(H,99,120)(H,100,115)(H,101,116)(H,103,122)(H,104,123)(H,105,125)(H,106,121)(H,107,124)(H,118,119). The van der Waals surface area contributed by atoms with E-state index in [0.717, 1.165) is 36.3 Å². The number of aromatic nitrogens is 2. The van der Waals surface area contributed by atoms with Crippen molar-refractivity contribution >= 4 is 111 Å². The molecule has 7 aromatic rings. The van der Waals surface area contributed by atoms with Crippen molar-refractivity contribution in [2.45, 2.75) is 178 Å². The summed E-state index contributed by atoms with van der Waals surface area (Å²) in [6.45, 7) is 5.90. The van der Waals surface area contributed by atoms with Crippen molar-refractivity contribution in [3.8, 4) is 5.75 Å². The van der Waals surface area contributed by atoms with Gasteiger partial charge in [-0.15, -0.1) is 0 Å². The number of nitrogens with two attached hydrogens (primary N) is 1. The van der Waals surface area contributed by atoms with Crippen LogP contribution in [0.3, 0.4) is 0 Å². The van der Waals surface area contributed by atoms with Gasteiger partial charge in [0.15, 0.2) is 17.5 Å². The smallest absolute Gasteiger partial charge is 0.305 e. The molecular weight excluding hydrogens is 1720 g/mol. The van der Waals surface area contributed by atoms with Gasteiger partial charge in [0.25, 0.3) is 0 Å². The molecule has 5 aromatic carbocycles. The number of aliphatic hydroxyl groups is 1. The first kappa shape index (κ1) is 103. The second-order valence-electron chi connectivity index (χ2n) is 33.3. The lowest BCUT2D eigenvalue weighted by Crippen LogP contribution is -2.61. The monoisotopic (exact) mass is 1840 g/mol. The van der Waals surface area contributed by atoms with E-state index in [2.05, 4.69) is 57.8 Å². The van der Waals surface area contributed by atoms with Crippen molar-refractivity contribution in [3.63, 3.8) is 0 Å². The number of carbonyl (C=O) groups excluding carboxylic acids is 14. The van der Waals surface area contributed by atoms with Crippen LogP contribution < -0.4 is 53.6 Å². The Morgan fingerprint density at radius 3 is 1.62 bits per heavy atom. The number of hydrogen-bond acceptors (Lipinski definition) is 20. The Labute approximate surface area is 760 Å². The summed E-state index contributed by atoms with van der Waals surface area (Å²) in [4.78, 5) is 232. The van der Waals surface area contributed by atoms with Crippen LogP contribution in [-0.2, 0) is 110 Å². The number of H-pyrrole nitrogens is 1. The molecule has 12 unspecified atom stereocenters. The number of aromatic amines is 1. The van der Waals surface area contributed by atoms with Crippen LogP contribution in [0.4, 0.5) is 13.2 Å². The number of aliphatic hydroxyl groups excluding tert-OH is 1. The number of pyridine rings is 1. The zero-order chi connectivity index (χ0) is 96.0. The molecule has 1 saturated heterocycles. The first-order valence-electron chi connectivity index (χ1n) is 42.8. The van der Waals surface area contributed by atoms with Crippen LogP contribution in [-0.4, -0.2) is 278 Å². The van der Waals surface area contributed by atoms with Crippen molar-refractivity contribution in [1.29, 1.82) is 0 Å². The highest BCUT2D eigenvalue weighted by Crippen LogP contribution is 2.25. The summed E-state index contributed by atoms with van der Waals surface area (Å²) >= 11 is 0.778. The lowest BCUT2D eigenvalue weighted by atomic mass is 9.98. The molecule has 0 spiro atoms. The Balaban J connectivity index is 1.22. The molecule has 39 heteroatoms. The zero-order valence-corrected chi connectivity index (χ0v) is 75.4. The van der Waals surface area contributed by atoms with Crippen molar-refractivity contribution in [2.24, 2.45) is 17.6 Å². The zero-order valence-electron chi connectivity index (χ0n) is 74.6. The summed E-state index contributed by atoms with van der Waals surface area (Å²) in [7, 11) is 6.19. The van der Waals surface area contributed by atoms with Crippen molar-refractivity contribution in [3.05, 3.63) is 203 Å². The van der Waals surface area contributed by atoms with Gasteiger partial charge in [0, 0.05) is 108 Å². The third-order valence-corrected chi connectivity index (χ3v) is 23.3. The number of unbranched alkanes of at least 4 members (excludes halogenated alkanes) is 1. The molecule has 14 amide bonds. The van der Waals surface area contributed by atoms with Crippen molar-refractivity contribution in [2.75, 3.05) is 66.4 Å². The Kier molecular flexibility index (Phi) is 38.9. The maximum atomic E-state index is 15.5. The van der Waals surface area contributed by atoms with Gasteiger partial charge in [0.1, 0.15) is 72.4 Å². The maximum absolute atomic E-state index is 15.5. The van der Waals surface area contributed by atoms with E-state index < -0.39 is 235 Å². The van der Waals surface area contributed by atoms with E-state index in [0.29, 0.717) is 57.3 Å². The molecule has 1 aliphatic rings. The molecule has 35 nitrogen and oxygen atoms in total. The SMILES string of the molecule is CCCCC1C(=O)N(C)CC(=O)NC(CC(=O)O)C(=O)NC(C(C)C)C(=O)N(C)C(Cc2ccccc2)C(=O)NC(Cc2ccc(O)cc2)C(=O)N(C)CC(=O)NC(Cc2c[nH]c3ccccc23)C(=O)NC(Cc2ccncc2)C(=O)NC(CC(C)C)C(=O)NC(C(=O)NCC(N)=O)CSCC(O)NC(Cc2cc(F)c(F)c(F)c2)C(=O)N(C)C(Cc2ccccc2)C(=O)N1C. The number of aromatic hydroxyl groups is 1. The van der Waals surface area contributed by atoms with Crippen molar-refractivity contribution in [1.82, 2.24) is 82.3 Å². The van der Waals surface area contributed by atoms with Crippen LogP contribution in [0.1, 0.15) is 100 Å². The molecule has 1 fully saturated rings. The fourth-order valence-electron chi connectivity index (χ4n) is 15.0. The van der Waals surface area contributed by atoms with E-state index in [4.69, 9.17) is 5.73 Å². The number of hydrogen-bond donors (Lipinski definition) is 14. The van der Waals surface area contributed by atoms with Crippen molar-refractivity contribution < 1.29 is 100 Å². The van der Waals surface area contributed by atoms with Crippen LogP contribution in [0, 0.1) is 29.3 Å². The molecule has 0 aliphatic carbocycles. The topological polar surface area (TPSA) is 496 Å². The molecule has 131 heavy (non-hydrogen) atoms. The predicted molar refractivity (Wildman–Crippen MR) is 479 cm³/mol. The van der Waals surface area contributed by atoms with E-state index in [1.807, 2.05) is 0 Å². The molecule has 12 atom stereocenters. The number of carbonyl (C=O) groups is 15. The van der Waals surface area contributed by atoms with Crippen LogP contribution in [0.5, 0.6) is 5.75 Å². The van der Waals surface area contributed by atoms with Gasteiger partial charge in [-0.1, -0.05) is 138 Å². The number of carboxylic acids is 1. The van der Waals surface area contributed by atoms with E-state index in [1.165, 1.54) is 85.7 Å². The van der Waals surface area contributed by atoms with Gasteiger partial charge >= 0.3 is 5.97 Å². The van der Waals surface area contributed by atoms with Crippen LogP contribution in [0.25, 0.3) is 10.9 Å². The molecule has 15 N–H and O–H groups in total. The average molecular weight is 1840 g/mol. The number of aliphatic carboxylic acids is 1. The number of fused-ring (bicyclic) bond motifs is 1. The number of primary amides is 1. The number of likely N-dealkylation sites (N-methyl/N-ethyl adjacent to an activating group) is 5. The minimum Gasteiger partial charge on any atom is -0.508 e. The Hall–Kier alpha value is -13.3. The molecule has 8 rings (SSSR count). The lowest BCUT2D eigenvalue weighted by molar-refractivity contribution is -0.151. The number of phenols is 1. The highest BCUT2D eigenvalue weighted by Gasteiger charge is 2.43. The normalized spacial score (nSPS) is 22.4. The Bertz CT molecular complexity index is 5140. The first-order chi connectivity index (χ1) is 62.2. The summed E-state index contributed by atoms with van der Waals surface area (Å²) in [5.41, 5.74) is 8.08. The molecule has 3 heterocycles. The maximum Gasteiger partial charge on any atom is 0.305 e. The minimum atomic E-state index is -1.95. The highest BCUT2D eigenvalue weighted by atomic mass is 32.2. The lowest BCUT2D eigenvalue weighted by Gasteiger charge is -2.37. The third-order valence-electron chi connectivity index (χ3n) is 22.2. The fraction of sp³-hybridized carbons (Fsp3) is 0.435. The average Bonchev–Trinajstić information content (AvgIpc) is 1.38. The predicted octanol–water partition coefficient (Wildman–Crippen LogP) is 2.23. The number of rotatable bonds is 23. The van der Waals surface area contributed by atoms with Gasteiger partial charge in [0.05, 0.1) is 32.1 Å². The summed E-state index contributed by atoms with van der Waals surface area (Å²) < 4.78 is 45.0. The number of phenolic OH excluding ortho intramolecular Hbond substituents is 1. The highest BCUT2D eigenvalue weighted by molar-refractivity contribution is 7.99. The molecule has 0 radical (unpaired) electrons. The summed E-state index contributed by atoms with van der Waals surface area (Å²) in [5.74, 6) is -22.7. The number of halogens is 3. The minimum absolute atomic E-state index is 0.0575. The Morgan fingerprint density at radius 1 is 0.527 bits per heavy atom. The van der Waals surface area contributed by atoms with Gasteiger partial charge in [-0.3, -0.25) is 82.2 Å². The molecule has 1 aliphatic heterocycles. The third kappa shape index (κ3) is 30.7. The van der Waals surface area contributed by atoms with E-state index in [9.17, 15) is 58.1 Å². The largest absolute Gasteiger partial charge is 0.508 e. The molecule has 704 valence electrons. The molecule has 0 bridgehead atoms. The fourth-order valence-corrected chi connectivity index (χ4v) is 16.0. The summed E-state index contributed by atoms with van der Waals surface area (Å²) in [5, 5.41) is 56.9. The number of thioether (sulfide) groups is 1. The van der Waals surface area contributed by atoms with Gasteiger partial charge in [-0.25, -0.2) is 13.2 Å². The number of amides is 14. The van der Waals surface area contributed by atoms with E-state index in [-0.39, 0.29) is 62.7 Å². The number of para-hydroxylation sites is 1. The first-order valence-corrected chi connectivity index (χ1v) is 44.0. The number of nitrogens with zero attached hydrogens (tertiary/aromatic N) is 6. The van der Waals surface area contributed by atoms with Crippen LogP contribution >= 0.6 is 11.8 Å². The quantitative estimate of drug-likeness (QED) is 0.0408. The Morgan fingerprint density at radius 2 is 1.03 bits per heavy atom. The van der Waals surface area contributed by atoms with Gasteiger partial charge in [-0.05, 0) is 107 Å². The second kappa shape index (κ2) is 49.5. The number of carboxylic acid groups (broad SMARTS) is 1. The number of nitrogens with one attached hydrogen (secondary N) is 10. The van der Waals surface area contributed by atoms with E-state index >= 15 is 42.3 Å². The van der Waals surface area contributed by atoms with Gasteiger partial charge in [0.2, 0.25) is 82.7 Å². The van der Waals surface area contributed by atoms with Gasteiger partial charge < -0.3 is 93.1 Å². The molecule has 0 saturated carbocycles. The van der Waals surface area contributed by atoms with Gasteiger partial charge in [-0.2, -0.15) is 11.8 Å². The molecule has 2 aromatic heterocycles. The summed E-state index contributed by atoms with van der Waals surface area (Å²) in [6, 6.07) is 15.9. The number of benzene rings is 5. The molecular formula is C92H116F3N17O18S. The van der Waals surface area contributed by atoms with E-state index in [1.54, 1.807) is 124 Å².